The number of carbonyl (C=O) groups excluding carboxylic acids is 1. The molecule has 0 atom stereocenters. The highest BCUT2D eigenvalue weighted by atomic mass is 16.1. The van der Waals surface area contributed by atoms with Gasteiger partial charge in [-0.25, -0.2) is 4.98 Å². The van der Waals surface area contributed by atoms with Gasteiger partial charge in [-0.05, 0) is 37.3 Å². The van der Waals surface area contributed by atoms with E-state index in [2.05, 4.69) is 22.1 Å². The number of rotatable bonds is 5. The highest BCUT2D eigenvalue weighted by molar-refractivity contribution is 6.07. The molecule has 0 aliphatic rings. The molecule has 1 N–H and O–H groups in total. The van der Waals surface area contributed by atoms with Gasteiger partial charge in [0.05, 0.1) is 5.56 Å². The van der Waals surface area contributed by atoms with Crippen LogP contribution in [0.15, 0.2) is 42.6 Å². The predicted molar refractivity (Wildman–Crippen MR) is 91.9 cm³/mol. The van der Waals surface area contributed by atoms with Crippen LogP contribution in [0.1, 0.15) is 17.3 Å². The summed E-state index contributed by atoms with van der Waals surface area (Å²) in [6, 6.07) is 11.4. The second-order valence-electron chi connectivity index (χ2n) is 5.29. The van der Waals surface area contributed by atoms with Crippen LogP contribution < -0.4 is 15.1 Å². The number of benzene rings is 1. The molecule has 0 radical (unpaired) electrons. The highest BCUT2D eigenvalue weighted by Gasteiger charge is 2.14. The molecule has 1 amide bonds. The number of pyridine rings is 1. The Bertz CT molecular complexity index is 655. The maximum atomic E-state index is 12.5. The van der Waals surface area contributed by atoms with E-state index >= 15 is 0 Å². The molecule has 0 aliphatic heterocycles. The molecule has 0 saturated heterocycles. The van der Waals surface area contributed by atoms with Gasteiger partial charge in [0.1, 0.15) is 5.82 Å². The SMILES string of the molecule is CCN(C)c1cccc(NC(=O)c2cccnc2N(C)C)c1. The molecule has 1 aromatic heterocycles. The van der Waals surface area contributed by atoms with Gasteiger partial charge in [0.25, 0.3) is 5.91 Å². The summed E-state index contributed by atoms with van der Waals surface area (Å²) in [6.07, 6.45) is 1.68. The van der Waals surface area contributed by atoms with Gasteiger partial charge < -0.3 is 15.1 Å². The molecule has 0 aliphatic carbocycles. The molecule has 0 fully saturated rings. The minimum Gasteiger partial charge on any atom is -0.375 e. The number of hydrogen-bond donors (Lipinski definition) is 1. The van der Waals surface area contributed by atoms with Crippen LogP contribution >= 0.6 is 0 Å². The van der Waals surface area contributed by atoms with Crippen molar-refractivity contribution in [3.63, 3.8) is 0 Å². The van der Waals surface area contributed by atoms with E-state index in [1.165, 1.54) is 0 Å². The lowest BCUT2D eigenvalue weighted by Gasteiger charge is -2.18. The first-order chi connectivity index (χ1) is 10.5. The minimum absolute atomic E-state index is 0.159. The van der Waals surface area contributed by atoms with E-state index in [0.29, 0.717) is 11.4 Å². The van der Waals surface area contributed by atoms with Crippen molar-refractivity contribution in [2.24, 2.45) is 0 Å². The Morgan fingerprint density at radius 3 is 2.64 bits per heavy atom. The van der Waals surface area contributed by atoms with Crippen molar-refractivity contribution in [3.05, 3.63) is 48.2 Å². The number of carbonyl (C=O) groups is 1. The van der Waals surface area contributed by atoms with Gasteiger partial charge in [-0.1, -0.05) is 6.07 Å². The molecule has 0 saturated carbocycles. The van der Waals surface area contributed by atoms with E-state index in [9.17, 15) is 4.79 Å². The summed E-state index contributed by atoms with van der Waals surface area (Å²) in [7, 11) is 5.76. The summed E-state index contributed by atoms with van der Waals surface area (Å²) in [5.41, 5.74) is 2.40. The quantitative estimate of drug-likeness (QED) is 0.922. The number of anilines is 3. The third kappa shape index (κ3) is 3.55. The Labute approximate surface area is 131 Å². The Balaban J connectivity index is 2.23. The van der Waals surface area contributed by atoms with Crippen molar-refractivity contribution in [2.75, 3.05) is 42.8 Å². The fourth-order valence-corrected chi connectivity index (χ4v) is 2.13. The first-order valence-electron chi connectivity index (χ1n) is 7.27. The third-order valence-electron chi connectivity index (χ3n) is 3.47. The van der Waals surface area contributed by atoms with Crippen molar-refractivity contribution in [1.82, 2.24) is 4.98 Å². The van der Waals surface area contributed by atoms with Gasteiger partial charge in [-0.15, -0.1) is 0 Å². The first-order valence-corrected chi connectivity index (χ1v) is 7.27. The van der Waals surface area contributed by atoms with E-state index < -0.39 is 0 Å². The minimum atomic E-state index is -0.159. The molecular weight excluding hydrogens is 276 g/mol. The molecule has 1 aromatic carbocycles. The summed E-state index contributed by atoms with van der Waals surface area (Å²) in [5, 5.41) is 2.94. The van der Waals surface area contributed by atoms with Gasteiger partial charge >= 0.3 is 0 Å². The smallest absolute Gasteiger partial charge is 0.259 e. The van der Waals surface area contributed by atoms with Crippen molar-refractivity contribution in [1.29, 1.82) is 0 Å². The fourth-order valence-electron chi connectivity index (χ4n) is 2.13. The molecule has 2 aromatic rings. The second-order valence-corrected chi connectivity index (χ2v) is 5.29. The third-order valence-corrected chi connectivity index (χ3v) is 3.47. The molecule has 2 rings (SSSR count). The van der Waals surface area contributed by atoms with Gasteiger partial charge in [0.15, 0.2) is 0 Å². The van der Waals surface area contributed by atoms with Crippen LogP contribution in [0.3, 0.4) is 0 Å². The first kappa shape index (κ1) is 15.8. The van der Waals surface area contributed by atoms with Gasteiger partial charge in [-0.2, -0.15) is 0 Å². The lowest BCUT2D eigenvalue weighted by Crippen LogP contribution is -2.20. The van der Waals surface area contributed by atoms with Crippen LogP contribution in [0.5, 0.6) is 0 Å². The Morgan fingerprint density at radius 2 is 1.95 bits per heavy atom. The number of nitrogens with one attached hydrogen (secondary N) is 1. The largest absolute Gasteiger partial charge is 0.375 e. The average Bonchev–Trinajstić information content (AvgIpc) is 2.54. The monoisotopic (exact) mass is 298 g/mol. The zero-order valence-corrected chi connectivity index (χ0v) is 13.5. The van der Waals surface area contributed by atoms with Crippen LogP contribution in [0.2, 0.25) is 0 Å². The topological polar surface area (TPSA) is 48.5 Å². The van der Waals surface area contributed by atoms with E-state index in [1.54, 1.807) is 18.3 Å². The van der Waals surface area contributed by atoms with Gasteiger partial charge in [-0.3, -0.25) is 4.79 Å². The van der Waals surface area contributed by atoms with E-state index in [0.717, 1.165) is 17.9 Å². The molecule has 22 heavy (non-hydrogen) atoms. The van der Waals surface area contributed by atoms with Crippen LogP contribution in [-0.4, -0.2) is 38.6 Å². The zero-order valence-electron chi connectivity index (χ0n) is 13.5. The maximum absolute atomic E-state index is 12.5. The van der Waals surface area contributed by atoms with Crippen LogP contribution in [0.25, 0.3) is 0 Å². The average molecular weight is 298 g/mol. The molecule has 5 nitrogen and oxygen atoms in total. The second kappa shape index (κ2) is 6.93. The molecule has 0 bridgehead atoms. The van der Waals surface area contributed by atoms with E-state index in [-0.39, 0.29) is 5.91 Å². The van der Waals surface area contributed by atoms with Crippen molar-refractivity contribution in [3.8, 4) is 0 Å². The Hall–Kier alpha value is -2.56. The normalized spacial score (nSPS) is 10.2. The lowest BCUT2D eigenvalue weighted by molar-refractivity contribution is 0.102. The lowest BCUT2D eigenvalue weighted by atomic mass is 10.2. The van der Waals surface area contributed by atoms with Crippen molar-refractivity contribution < 1.29 is 4.79 Å². The molecule has 1 heterocycles. The summed E-state index contributed by atoms with van der Waals surface area (Å²) < 4.78 is 0. The van der Waals surface area contributed by atoms with E-state index in [1.807, 2.05) is 50.3 Å². The Morgan fingerprint density at radius 1 is 1.18 bits per heavy atom. The molecular formula is C17H22N4O. The number of aromatic nitrogens is 1. The molecule has 0 unspecified atom stereocenters. The van der Waals surface area contributed by atoms with Crippen molar-refractivity contribution >= 4 is 23.1 Å². The summed E-state index contributed by atoms with van der Waals surface area (Å²) in [6.45, 7) is 3.00. The molecule has 5 heteroatoms. The van der Waals surface area contributed by atoms with E-state index in [4.69, 9.17) is 0 Å². The predicted octanol–water partition coefficient (Wildman–Crippen LogP) is 2.86. The summed E-state index contributed by atoms with van der Waals surface area (Å²) >= 11 is 0. The van der Waals surface area contributed by atoms with Crippen molar-refractivity contribution in [2.45, 2.75) is 6.92 Å². The Kier molecular flexibility index (Phi) is 4.99. The number of nitrogens with zero attached hydrogens (tertiary/aromatic N) is 3. The standard InChI is InChI=1S/C17H22N4O/c1-5-21(4)14-9-6-8-13(12-14)19-17(22)15-10-7-11-18-16(15)20(2)3/h6-12H,5H2,1-4H3,(H,19,22). The number of amides is 1. The van der Waals surface area contributed by atoms with Crippen LogP contribution in [0, 0.1) is 0 Å². The summed E-state index contributed by atoms with van der Waals surface area (Å²) in [4.78, 5) is 20.7. The molecule has 0 spiro atoms. The number of hydrogen-bond acceptors (Lipinski definition) is 4. The van der Waals surface area contributed by atoms with Gasteiger partial charge in [0.2, 0.25) is 0 Å². The van der Waals surface area contributed by atoms with Crippen LogP contribution in [0.4, 0.5) is 17.2 Å². The molecule has 116 valence electrons. The van der Waals surface area contributed by atoms with Crippen LogP contribution in [-0.2, 0) is 0 Å². The fraction of sp³-hybridized carbons (Fsp3) is 0.294. The van der Waals surface area contributed by atoms with Gasteiger partial charge in [0, 0.05) is 45.3 Å². The maximum Gasteiger partial charge on any atom is 0.259 e. The highest BCUT2D eigenvalue weighted by Crippen LogP contribution is 2.20. The zero-order chi connectivity index (χ0) is 16.1. The summed E-state index contributed by atoms with van der Waals surface area (Å²) in [5.74, 6) is 0.495.